The number of hydrogen-bond donors (Lipinski definition) is 1. The van der Waals surface area contributed by atoms with E-state index in [-0.39, 0.29) is 22.0 Å². The minimum Gasteiger partial charge on any atom is -0.390 e. The molecule has 0 aliphatic heterocycles. The molecule has 1 aromatic carbocycles. The normalized spacial score (nSPS) is 15.9. The molecule has 1 saturated carbocycles. The second kappa shape index (κ2) is 8.80. The van der Waals surface area contributed by atoms with Gasteiger partial charge in [-0.3, -0.25) is 10.1 Å². The molecule has 0 spiro atoms. The lowest BCUT2D eigenvalue weighted by molar-refractivity contribution is -0.110. The highest BCUT2D eigenvalue weighted by Gasteiger charge is 2.36. The summed E-state index contributed by atoms with van der Waals surface area (Å²) in [6, 6.07) is 6.10. The molecule has 10 heteroatoms. The van der Waals surface area contributed by atoms with Crippen LogP contribution in [0.25, 0.3) is 0 Å². The molecular weight excluding hydrogens is 402 g/mol. The van der Waals surface area contributed by atoms with Crippen LogP contribution in [0.3, 0.4) is 0 Å². The topological polar surface area (TPSA) is 107 Å². The maximum absolute atomic E-state index is 12.7. The second-order valence-electron chi connectivity index (χ2n) is 6.37. The van der Waals surface area contributed by atoms with Crippen LogP contribution in [0.15, 0.2) is 45.9 Å². The lowest BCUT2D eigenvalue weighted by Crippen LogP contribution is -2.25. The quantitative estimate of drug-likeness (QED) is 0.490. The third kappa shape index (κ3) is 4.94. The van der Waals surface area contributed by atoms with Gasteiger partial charge in [-0.2, -0.15) is 0 Å². The van der Waals surface area contributed by atoms with Gasteiger partial charge in [-0.25, -0.2) is 13.4 Å². The Labute approximate surface area is 167 Å². The molecule has 2 aromatic rings. The molecular formula is C18H21N3O5S2. The number of carbonyl (C=O) groups is 1. The van der Waals surface area contributed by atoms with Crippen molar-refractivity contribution in [3.05, 3.63) is 41.4 Å². The number of methoxy groups -OCH3 is 1. The van der Waals surface area contributed by atoms with Gasteiger partial charge in [0.15, 0.2) is 20.7 Å². The van der Waals surface area contributed by atoms with Crippen LogP contribution in [0.1, 0.15) is 25.3 Å². The van der Waals surface area contributed by atoms with Crippen LogP contribution in [-0.4, -0.2) is 50.1 Å². The summed E-state index contributed by atoms with van der Waals surface area (Å²) < 4.78 is 29.7. The second-order valence-corrected chi connectivity index (χ2v) is 9.49. The Bertz CT molecular complexity index is 936. The predicted octanol–water partition coefficient (Wildman–Crippen LogP) is 2.47. The molecule has 1 aliphatic rings. The molecule has 3 rings (SSSR count). The van der Waals surface area contributed by atoms with Crippen molar-refractivity contribution in [3.8, 4) is 0 Å². The van der Waals surface area contributed by atoms with Gasteiger partial charge in [-0.15, -0.1) is 11.3 Å². The van der Waals surface area contributed by atoms with Gasteiger partial charge in [0.2, 0.25) is 0 Å². The van der Waals surface area contributed by atoms with Crippen molar-refractivity contribution in [1.82, 2.24) is 4.98 Å². The lowest BCUT2D eigenvalue weighted by atomic mass is 10.1. The average molecular weight is 424 g/mol. The molecule has 150 valence electrons. The summed E-state index contributed by atoms with van der Waals surface area (Å²) in [5.41, 5.74) is 0.460. The zero-order valence-corrected chi connectivity index (χ0v) is 17.1. The largest absolute Gasteiger partial charge is 0.390 e. The number of ether oxygens (including phenoxy) is 1. The first-order valence-corrected chi connectivity index (χ1v) is 11.1. The summed E-state index contributed by atoms with van der Waals surface area (Å²) in [5.74, 6) is -0.502. The molecule has 1 N–H and O–H groups in total. The number of amides is 1. The number of nitrogens with one attached hydrogen (secondary N) is 1. The van der Waals surface area contributed by atoms with Crippen molar-refractivity contribution in [1.29, 1.82) is 0 Å². The van der Waals surface area contributed by atoms with E-state index < -0.39 is 15.7 Å². The molecule has 28 heavy (non-hydrogen) atoms. The van der Waals surface area contributed by atoms with E-state index in [0.717, 1.165) is 0 Å². The van der Waals surface area contributed by atoms with E-state index in [4.69, 9.17) is 9.57 Å². The molecule has 8 nitrogen and oxygen atoms in total. The number of carbonyl (C=O) groups excluding carboxylic acids is 1. The van der Waals surface area contributed by atoms with Gasteiger partial charge in [0.1, 0.15) is 6.10 Å². The average Bonchev–Trinajstić information content (AvgIpc) is 3.42. The van der Waals surface area contributed by atoms with Crippen LogP contribution < -0.4 is 5.32 Å². The summed E-state index contributed by atoms with van der Waals surface area (Å²) in [6.07, 6.45) is 2.60. The predicted molar refractivity (Wildman–Crippen MR) is 106 cm³/mol. The molecule has 1 aliphatic carbocycles. The fourth-order valence-electron chi connectivity index (χ4n) is 2.45. The number of benzene rings is 1. The van der Waals surface area contributed by atoms with E-state index in [1.165, 1.54) is 23.5 Å². The number of sulfone groups is 1. The van der Waals surface area contributed by atoms with E-state index in [9.17, 15) is 13.2 Å². The molecule has 0 unspecified atom stereocenters. The van der Waals surface area contributed by atoms with Gasteiger partial charge in [-0.1, -0.05) is 17.3 Å². The summed E-state index contributed by atoms with van der Waals surface area (Å²) in [5, 5.41) is 8.51. The minimum atomic E-state index is -3.30. The van der Waals surface area contributed by atoms with Crippen LogP contribution in [0.5, 0.6) is 0 Å². The zero-order chi connectivity index (χ0) is 20.1. The molecule has 1 atom stereocenters. The first-order chi connectivity index (χ1) is 13.4. The third-order valence-corrected chi connectivity index (χ3v) is 6.98. The summed E-state index contributed by atoms with van der Waals surface area (Å²) in [6.45, 7) is 2.07. The van der Waals surface area contributed by atoms with E-state index in [1.54, 1.807) is 37.7 Å². The highest BCUT2D eigenvalue weighted by molar-refractivity contribution is 7.92. The monoisotopic (exact) mass is 423 g/mol. The van der Waals surface area contributed by atoms with Crippen LogP contribution in [0, 0.1) is 0 Å². The number of aromatic nitrogens is 1. The lowest BCUT2D eigenvalue weighted by Gasteiger charge is -2.11. The molecule has 0 bridgehead atoms. The number of oxime groups is 1. The van der Waals surface area contributed by atoms with Crippen molar-refractivity contribution in [2.24, 2.45) is 5.16 Å². The Balaban J connectivity index is 1.84. The van der Waals surface area contributed by atoms with Crippen LogP contribution in [0.2, 0.25) is 0 Å². The van der Waals surface area contributed by atoms with Crippen molar-refractivity contribution in [2.45, 2.75) is 36.0 Å². The molecule has 0 saturated heterocycles. The molecule has 0 radical (unpaired) electrons. The van der Waals surface area contributed by atoms with Gasteiger partial charge < -0.3 is 9.57 Å². The Morgan fingerprint density at radius 1 is 1.36 bits per heavy atom. The highest BCUT2D eigenvalue weighted by Crippen LogP contribution is 2.33. The van der Waals surface area contributed by atoms with Crippen molar-refractivity contribution >= 4 is 37.9 Å². The Kier molecular flexibility index (Phi) is 6.42. The van der Waals surface area contributed by atoms with Crippen LogP contribution >= 0.6 is 11.3 Å². The molecule has 1 amide bonds. The third-order valence-electron chi connectivity index (χ3n) is 4.01. The fourth-order valence-corrected chi connectivity index (χ4v) is 4.63. The highest BCUT2D eigenvalue weighted by atomic mass is 32.2. The van der Waals surface area contributed by atoms with Crippen LogP contribution in [0.4, 0.5) is 5.13 Å². The SMILES string of the molecule is COC[C@H](C)O/N=C(/C(=O)Nc1nccs1)c1ccc(S(=O)(=O)C2CC2)cc1. The van der Waals surface area contributed by atoms with Crippen molar-refractivity contribution < 1.29 is 22.8 Å². The van der Waals surface area contributed by atoms with E-state index in [1.807, 2.05) is 0 Å². The van der Waals surface area contributed by atoms with E-state index in [2.05, 4.69) is 15.5 Å². The summed E-state index contributed by atoms with van der Waals surface area (Å²) in [4.78, 5) is 22.3. The molecule has 1 aromatic heterocycles. The van der Waals surface area contributed by atoms with Gasteiger partial charge in [0, 0.05) is 24.3 Å². The maximum atomic E-state index is 12.7. The van der Waals surface area contributed by atoms with Crippen molar-refractivity contribution in [3.63, 3.8) is 0 Å². The first kappa shape index (κ1) is 20.4. The smallest absolute Gasteiger partial charge is 0.280 e. The number of hydrogen-bond acceptors (Lipinski definition) is 8. The van der Waals surface area contributed by atoms with Gasteiger partial charge in [-0.05, 0) is 31.9 Å². The first-order valence-electron chi connectivity index (χ1n) is 8.69. The Morgan fingerprint density at radius 2 is 2.07 bits per heavy atom. The van der Waals surface area contributed by atoms with Crippen molar-refractivity contribution in [2.75, 3.05) is 19.0 Å². The standard InChI is InChI=1S/C18H21N3O5S2/c1-12(11-25-2)26-21-16(17(22)20-18-19-9-10-27-18)13-3-5-14(6-4-13)28(23,24)15-7-8-15/h3-6,9-10,12,15H,7-8,11H2,1-2H3,(H,19,20,22)/b21-16+/t12-/m0/s1. The number of nitrogens with zero attached hydrogens (tertiary/aromatic N) is 2. The molecule has 1 fully saturated rings. The van der Waals surface area contributed by atoms with Gasteiger partial charge in [0.25, 0.3) is 5.91 Å². The summed E-state index contributed by atoms with van der Waals surface area (Å²) in [7, 11) is -1.76. The molecule has 1 heterocycles. The minimum absolute atomic E-state index is 0.0218. The van der Waals surface area contributed by atoms with E-state index >= 15 is 0 Å². The number of thiazole rings is 1. The fraction of sp³-hybridized carbons (Fsp3) is 0.389. The Hall–Kier alpha value is -2.30. The van der Waals surface area contributed by atoms with Crippen LogP contribution in [-0.2, 0) is 24.2 Å². The zero-order valence-electron chi connectivity index (χ0n) is 15.5. The summed E-state index contributed by atoms with van der Waals surface area (Å²) >= 11 is 1.27. The Morgan fingerprint density at radius 3 is 2.64 bits per heavy atom. The van der Waals surface area contributed by atoms with Gasteiger partial charge >= 0.3 is 0 Å². The van der Waals surface area contributed by atoms with Gasteiger partial charge in [0.05, 0.1) is 16.8 Å². The number of anilines is 1. The maximum Gasteiger partial charge on any atom is 0.280 e. The number of rotatable bonds is 9. The van der Waals surface area contributed by atoms with E-state index in [0.29, 0.717) is 30.1 Å².